The average Bonchev–Trinajstić information content (AvgIpc) is 2.75. The molecule has 1 saturated heterocycles. The lowest BCUT2D eigenvalue weighted by Crippen LogP contribution is -2.36. The number of carbonyl (C=O) groups excluding carboxylic acids is 1. The molecule has 0 amide bonds. The van der Waals surface area contributed by atoms with Crippen LogP contribution in [-0.2, 0) is 9.47 Å². The van der Waals surface area contributed by atoms with Crippen LogP contribution in [0.2, 0.25) is 0 Å². The SMILES string of the molecule is COC(=O)c1ccccc1NC1OC(CO)C(O)C1O. The van der Waals surface area contributed by atoms with Crippen molar-refractivity contribution in [3.63, 3.8) is 0 Å². The van der Waals surface area contributed by atoms with Gasteiger partial charge in [0.05, 0.1) is 25.0 Å². The maximum absolute atomic E-state index is 11.6. The minimum Gasteiger partial charge on any atom is -0.465 e. The summed E-state index contributed by atoms with van der Waals surface area (Å²) in [5.74, 6) is -0.528. The molecular formula is C13H17NO6. The van der Waals surface area contributed by atoms with Crippen LogP contribution >= 0.6 is 0 Å². The molecule has 0 aliphatic carbocycles. The Balaban J connectivity index is 2.17. The molecule has 0 spiro atoms. The predicted octanol–water partition coefficient (Wildman–Crippen LogP) is -0.676. The second-order valence-corrected chi connectivity index (χ2v) is 4.44. The third-order valence-electron chi connectivity index (χ3n) is 3.17. The van der Waals surface area contributed by atoms with Gasteiger partial charge in [-0.1, -0.05) is 12.1 Å². The number of ether oxygens (including phenoxy) is 2. The third kappa shape index (κ3) is 2.75. The van der Waals surface area contributed by atoms with Gasteiger partial charge in [0.1, 0.15) is 18.3 Å². The largest absolute Gasteiger partial charge is 0.465 e. The van der Waals surface area contributed by atoms with Gasteiger partial charge in [-0.25, -0.2) is 4.79 Å². The van der Waals surface area contributed by atoms with Crippen molar-refractivity contribution in [2.45, 2.75) is 24.5 Å². The van der Waals surface area contributed by atoms with Crippen LogP contribution < -0.4 is 5.32 Å². The molecule has 0 aromatic heterocycles. The Morgan fingerprint density at radius 1 is 1.35 bits per heavy atom. The lowest BCUT2D eigenvalue weighted by Gasteiger charge is -2.19. The summed E-state index contributed by atoms with van der Waals surface area (Å²) in [5, 5.41) is 31.4. The zero-order valence-electron chi connectivity index (χ0n) is 10.9. The predicted molar refractivity (Wildman–Crippen MR) is 69.2 cm³/mol. The molecule has 1 aromatic rings. The quantitative estimate of drug-likeness (QED) is 0.542. The highest BCUT2D eigenvalue weighted by atomic mass is 16.6. The summed E-state index contributed by atoms with van der Waals surface area (Å²) >= 11 is 0. The normalized spacial score (nSPS) is 29.2. The van der Waals surface area contributed by atoms with Crippen LogP contribution in [0.25, 0.3) is 0 Å². The van der Waals surface area contributed by atoms with Gasteiger partial charge >= 0.3 is 5.97 Å². The van der Waals surface area contributed by atoms with Crippen LogP contribution in [0.1, 0.15) is 10.4 Å². The number of rotatable bonds is 4. The van der Waals surface area contributed by atoms with Gasteiger partial charge in [0.25, 0.3) is 0 Å². The molecule has 0 saturated carbocycles. The van der Waals surface area contributed by atoms with Gasteiger partial charge < -0.3 is 30.1 Å². The van der Waals surface area contributed by atoms with Crippen LogP contribution in [0.15, 0.2) is 24.3 Å². The second-order valence-electron chi connectivity index (χ2n) is 4.44. The van der Waals surface area contributed by atoms with E-state index in [0.717, 1.165) is 0 Å². The van der Waals surface area contributed by atoms with E-state index in [1.54, 1.807) is 24.3 Å². The second kappa shape index (κ2) is 6.19. The fourth-order valence-electron chi connectivity index (χ4n) is 2.07. The van der Waals surface area contributed by atoms with E-state index in [-0.39, 0.29) is 5.56 Å². The summed E-state index contributed by atoms with van der Waals surface area (Å²) in [6.45, 7) is -0.408. The van der Waals surface area contributed by atoms with E-state index in [9.17, 15) is 15.0 Å². The van der Waals surface area contributed by atoms with Crippen molar-refractivity contribution in [2.75, 3.05) is 19.0 Å². The van der Waals surface area contributed by atoms with Gasteiger partial charge in [-0.15, -0.1) is 0 Å². The highest BCUT2D eigenvalue weighted by Gasteiger charge is 2.42. The molecule has 7 heteroatoms. The lowest BCUT2D eigenvalue weighted by atomic mass is 10.1. The summed E-state index contributed by atoms with van der Waals surface area (Å²) in [4.78, 5) is 11.6. The van der Waals surface area contributed by atoms with E-state index >= 15 is 0 Å². The Morgan fingerprint density at radius 3 is 2.65 bits per heavy atom. The Kier molecular flexibility index (Phi) is 4.56. The van der Waals surface area contributed by atoms with Gasteiger partial charge in [-0.2, -0.15) is 0 Å². The van der Waals surface area contributed by atoms with Crippen molar-refractivity contribution >= 4 is 11.7 Å². The maximum Gasteiger partial charge on any atom is 0.339 e. The number of methoxy groups -OCH3 is 1. The number of hydrogen-bond donors (Lipinski definition) is 4. The molecule has 1 heterocycles. The van der Waals surface area contributed by atoms with Crippen LogP contribution in [0.5, 0.6) is 0 Å². The number of esters is 1. The summed E-state index contributed by atoms with van der Waals surface area (Å²) < 4.78 is 9.95. The molecule has 7 nitrogen and oxygen atoms in total. The Labute approximate surface area is 115 Å². The highest BCUT2D eigenvalue weighted by molar-refractivity contribution is 5.95. The van der Waals surface area contributed by atoms with Crippen molar-refractivity contribution in [3.8, 4) is 0 Å². The first-order valence-corrected chi connectivity index (χ1v) is 6.14. The molecule has 1 aliphatic rings. The minimum absolute atomic E-state index is 0.285. The van der Waals surface area contributed by atoms with Crippen molar-refractivity contribution in [3.05, 3.63) is 29.8 Å². The van der Waals surface area contributed by atoms with Gasteiger partial charge in [-0.3, -0.25) is 0 Å². The topological polar surface area (TPSA) is 108 Å². The number of aliphatic hydroxyl groups is 3. The highest BCUT2D eigenvalue weighted by Crippen LogP contribution is 2.25. The van der Waals surface area contributed by atoms with Crippen molar-refractivity contribution < 1.29 is 29.6 Å². The Bertz CT molecular complexity index is 480. The molecule has 4 atom stereocenters. The molecule has 2 rings (SSSR count). The summed E-state index contributed by atoms with van der Waals surface area (Å²) in [6.07, 6.45) is -4.19. The molecule has 1 fully saturated rings. The van der Waals surface area contributed by atoms with E-state index in [1.165, 1.54) is 7.11 Å². The van der Waals surface area contributed by atoms with Gasteiger partial charge in [0, 0.05) is 0 Å². The number of benzene rings is 1. The minimum atomic E-state index is -1.21. The van der Waals surface area contributed by atoms with Crippen LogP contribution in [0.3, 0.4) is 0 Å². The lowest BCUT2D eigenvalue weighted by molar-refractivity contribution is -0.0153. The zero-order valence-corrected chi connectivity index (χ0v) is 10.9. The summed E-state index contributed by atoms with van der Waals surface area (Å²) in [7, 11) is 1.27. The molecular weight excluding hydrogens is 266 g/mol. The van der Waals surface area contributed by atoms with Gasteiger partial charge in [0.15, 0.2) is 6.23 Å². The summed E-state index contributed by atoms with van der Waals surface area (Å²) in [5.41, 5.74) is 0.696. The molecule has 0 radical (unpaired) electrons. The molecule has 4 unspecified atom stereocenters. The molecule has 1 aromatic carbocycles. The van der Waals surface area contributed by atoms with E-state index in [2.05, 4.69) is 10.1 Å². The number of carbonyl (C=O) groups is 1. The number of anilines is 1. The summed E-state index contributed by atoms with van der Waals surface area (Å²) in [6, 6.07) is 6.57. The standard InChI is InChI=1S/C13H17NO6/c1-19-13(18)7-4-2-3-5-8(7)14-12-11(17)10(16)9(6-15)20-12/h2-5,9-12,14-17H,6H2,1H3. The smallest absolute Gasteiger partial charge is 0.339 e. The number of para-hydroxylation sites is 1. The van der Waals surface area contributed by atoms with Crippen molar-refractivity contribution in [2.24, 2.45) is 0 Å². The van der Waals surface area contributed by atoms with Crippen LogP contribution in [-0.4, -0.2) is 59.5 Å². The third-order valence-corrected chi connectivity index (χ3v) is 3.17. The zero-order chi connectivity index (χ0) is 14.7. The van der Waals surface area contributed by atoms with E-state index in [1.807, 2.05) is 0 Å². The van der Waals surface area contributed by atoms with Crippen LogP contribution in [0.4, 0.5) is 5.69 Å². The average molecular weight is 283 g/mol. The maximum atomic E-state index is 11.6. The van der Waals surface area contributed by atoms with Crippen LogP contribution in [0, 0.1) is 0 Å². The van der Waals surface area contributed by atoms with E-state index < -0.39 is 37.1 Å². The fraction of sp³-hybridized carbons (Fsp3) is 0.462. The molecule has 20 heavy (non-hydrogen) atoms. The molecule has 0 bridgehead atoms. The molecule has 1 aliphatic heterocycles. The Morgan fingerprint density at radius 2 is 2.05 bits per heavy atom. The first-order valence-electron chi connectivity index (χ1n) is 6.14. The molecule has 4 N–H and O–H groups in total. The van der Waals surface area contributed by atoms with Gasteiger partial charge in [-0.05, 0) is 12.1 Å². The number of aliphatic hydroxyl groups excluding tert-OH is 3. The Hall–Kier alpha value is -1.67. The van der Waals surface area contributed by atoms with E-state index in [0.29, 0.717) is 5.69 Å². The number of nitrogens with one attached hydrogen (secondary N) is 1. The number of hydrogen-bond acceptors (Lipinski definition) is 7. The van der Waals surface area contributed by atoms with E-state index in [4.69, 9.17) is 9.84 Å². The van der Waals surface area contributed by atoms with Gasteiger partial charge in [0.2, 0.25) is 0 Å². The first-order chi connectivity index (χ1) is 9.58. The van der Waals surface area contributed by atoms with Crippen molar-refractivity contribution in [1.82, 2.24) is 0 Å². The molecule has 110 valence electrons. The monoisotopic (exact) mass is 283 g/mol. The first kappa shape index (κ1) is 14.7. The fourth-order valence-corrected chi connectivity index (χ4v) is 2.07. The van der Waals surface area contributed by atoms with Crippen molar-refractivity contribution in [1.29, 1.82) is 0 Å².